The molecule has 3 heterocycles. The molecule has 0 unspecified atom stereocenters. The van der Waals surface area contributed by atoms with Crippen LogP contribution in [0.25, 0.3) is 17.0 Å². The van der Waals surface area contributed by atoms with Crippen molar-refractivity contribution >= 4 is 11.6 Å². The van der Waals surface area contributed by atoms with Gasteiger partial charge in [0.15, 0.2) is 5.56 Å². The molecule has 1 fully saturated rings. The second kappa shape index (κ2) is 6.86. The van der Waals surface area contributed by atoms with Crippen molar-refractivity contribution in [2.24, 2.45) is 5.41 Å². The number of aromatic nitrogens is 5. The molecule has 0 atom stereocenters. The zero-order chi connectivity index (χ0) is 22.7. The number of halogens is 3. The first kappa shape index (κ1) is 20.9. The van der Waals surface area contributed by atoms with Crippen LogP contribution in [-0.2, 0) is 12.7 Å². The molecule has 0 spiro atoms. The van der Waals surface area contributed by atoms with Crippen LogP contribution in [0.1, 0.15) is 49.5 Å². The Bertz CT molecular complexity index is 1230. The van der Waals surface area contributed by atoms with Crippen LogP contribution in [0.3, 0.4) is 0 Å². The van der Waals surface area contributed by atoms with E-state index in [1.165, 1.54) is 10.6 Å². The number of H-pyrrole nitrogens is 1. The highest BCUT2D eigenvalue weighted by Gasteiger charge is 2.37. The van der Waals surface area contributed by atoms with E-state index >= 15 is 0 Å². The van der Waals surface area contributed by atoms with E-state index in [0.29, 0.717) is 6.20 Å². The summed E-state index contributed by atoms with van der Waals surface area (Å²) in [5, 5.41) is 23.2. The van der Waals surface area contributed by atoms with E-state index in [0.717, 1.165) is 17.4 Å². The average molecular weight is 438 g/mol. The normalized spacial score (nSPS) is 14.9. The first-order chi connectivity index (χ1) is 14.4. The van der Waals surface area contributed by atoms with E-state index in [9.17, 15) is 27.9 Å². The van der Waals surface area contributed by atoms with Crippen LogP contribution in [0.2, 0.25) is 0 Å². The number of fused-ring (bicyclic) bond motifs is 1. The predicted molar refractivity (Wildman–Crippen MR) is 104 cm³/mol. The van der Waals surface area contributed by atoms with Crippen LogP contribution in [-0.4, -0.2) is 41.4 Å². The maximum absolute atomic E-state index is 13.3. The molecule has 12 heteroatoms. The third-order valence-corrected chi connectivity index (χ3v) is 4.81. The second-order valence-corrected chi connectivity index (χ2v) is 8.84. The second-order valence-electron chi connectivity index (χ2n) is 8.84. The van der Waals surface area contributed by atoms with Gasteiger partial charge in [-0.1, -0.05) is 20.8 Å². The van der Waals surface area contributed by atoms with Gasteiger partial charge < -0.3 is 10.4 Å². The summed E-state index contributed by atoms with van der Waals surface area (Å²) in [6.07, 6.45) is -2.43. The third-order valence-electron chi connectivity index (χ3n) is 4.81. The lowest BCUT2D eigenvalue weighted by molar-refractivity contribution is -0.137. The first-order valence-corrected chi connectivity index (χ1v) is 9.64. The summed E-state index contributed by atoms with van der Waals surface area (Å²) in [5.41, 5.74) is -3.34. The number of nitrogens with zero attached hydrogens (tertiary/aromatic N) is 4. The largest absolute Gasteiger partial charge is 0.492 e. The summed E-state index contributed by atoms with van der Waals surface area (Å²) >= 11 is 0. The molecular weight excluding hydrogens is 417 g/mol. The third kappa shape index (κ3) is 3.89. The number of alkyl halides is 3. The first-order valence-electron chi connectivity index (χ1n) is 9.64. The van der Waals surface area contributed by atoms with Crippen molar-refractivity contribution in [3.8, 4) is 17.3 Å². The van der Waals surface area contributed by atoms with E-state index in [-0.39, 0.29) is 23.9 Å². The molecule has 31 heavy (non-hydrogen) atoms. The fourth-order valence-corrected chi connectivity index (χ4v) is 3.29. The van der Waals surface area contributed by atoms with Gasteiger partial charge in [-0.3, -0.25) is 19.3 Å². The van der Waals surface area contributed by atoms with Crippen LogP contribution in [0, 0.1) is 5.41 Å². The lowest BCUT2D eigenvalue weighted by atomic mass is 9.97. The van der Waals surface area contributed by atoms with Gasteiger partial charge >= 0.3 is 6.18 Å². The van der Waals surface area contributed by atoms with Crippen LogP contribution in [0.5, 0.6) is 5.88 Å². The zero-order valence-corrected chi connectivity index (χ0v) is 17.0. The summed E-state index contributed by atoms with van der Waals surface area (Å²) in [7, 11) is 0. The maximum Gasteiger partial charge on any atom is 0.420 e. The van der Waals surface area contributed by atoms with Crippen molar-refractivity contribution in [2.75, 3.05) is 0 Å². The van der Waals surface area contributed by atoms with Gasteiger partial charge in [-0.05, 0) is 18.3 Å². The summed E-state index contributed by atoms with van der Waals surface area (Å²) in [6, 6.07) is 1.17. The Labute approximate surface area is 173 Å². The van der Waals surface area contributed by atoms with Gasteiger partial charge in [-0.2, -0.15) is 27.9 Å². The van der Waals surface area contributed by atoms with E-state index in [4.69, 9.17) is 0 Å². The molecule has 3 N–H and O–H groups in total. The SMILES string of the molecule is CC(C)(C)Cn1c(=O)c(C(=O)NC2CC2)c(O)n2nc(-c3n[nH]cc3C(F)(F)F)cc12. The molecule has 0 aliphatic heterocycles. The monoisotopic (exact) mass is 438 g/mol. The fourth-order valence-electron chi connectivity index (χ4n) is 3.29. The van der Waals surface area contributed by atoms with Crippen molar-refractivity contribution in [1.82, 2.24) is 29.7 Å². The molecule has 1 aliphatic rings. The van der Waals surface area contributed by atoms with Gasteiger partial charge in [-0.15, -0.1) is 0 Å². The minimum Gasteiger partial charge on any atom is -0.492 e. The van der Waals surface area contributed by atoms with Crippen molar-refractivity contribution in [3.05, 3.63) is 33.7 Å². The van der Waals surface area contributed by atoms with Gasteiger partial charge in [0.2, 0.25) is 5.88 Å². The van der Waals surface area contributed by atoms with Crippen molar-refractivity contribution in [1.29, 1.82) is 0 Å². The quantitative estimate of drug-likeness (QED) is 0.579. The number of hydrogen-bond acceptors (Lipinski definition) is 5. The van der Waals surface area contributed by atoms with E-state index in [1.54, 1.807) is 0 Å². The molecular formula is C19H21F3N6O3. The van der Waals surface area contributed by atoms with Crippen molar-refractivity contribution in [2.45, 2.75) is 52.4 Å². The van der Waals surface area contributed by atoms with E-state index in [2.05, 4.69) is 20.6 Å². The average Bonchev–Trinajstić information content (AvgIpc) is 3.15. The van der Waals surface area contributed by atoms with Crippen LogP contribution < -0.4 is 10.9 Å². The molecule has 166 valence electrons. The number of aromatic hydroxyl groups is 1. The topological polar surface area (TPSA) is 117 Å². The van der Waals surface area contributed by atoms with E-state index < -0.39 is 45.8 Å². The molecule has 3 aromatic rings. The number of carbonyl (C=O) groups excluding carboxylic acids is 1. The number of rotatable bonds is 4. The Hall–Kier alpha value is -3.31. The predicted octanol–water partition coefficient (Wildman–Crippen LogP) is 2.55. The van der Waals surface area contributed by atoms with Crippen LogP contribution in [0.4, 0.5) is 13.2 Å². The fraction of sp³-hybridized carbons (Fsp3) is 0.474. The lowest BCUT2D eigenvalue weighted by Crippen LogP contribution is -2.37. The highest BCUT2D eigenvalue weighted by molar-refractivity contribution is 5.96. The summed E-state index contributed by atoms with van der Waals surface area (Å²) in [5.74, 6) is -1.49. The Kier molecular flexibility index (Phi) is 4.63. The Morgan fingerprint density at radius 1 is 1.32 bits per heavy atom. The minimum absolute atomic E-state index is 0.0477. The molecule has 0 saturated heterocycles. The molecule has 0 aromatic carbocycles. The Morgan fingerprint density at radius 3 is 2.58 bits per heavy atom. The summed E-state index contributed by atoms with van der Waals surface area (Å²) in [4.78, 5) is 25.8. The van der Waals surface area contributed by atoms with Gasteiger partial charge in [-0.25, -0.2) is 0 Å². The number of hydrogen-bond donors (Lipinski definition) is 3. The van der Waals surface area contributed by atoms with E-state index in [1.807, 2.05) is 20.8 Å². The number of aromatic amines is 1. The number of nitrogens with one attached hydrogen (secondary N) is 2. The molecule has 3 aromatic heterocycles. The molecule has 9 nitrogen and oxygen atoms in total. The van der Waals surface area contributed by atoms with Crippen LogP contribution >= 0.6 is 0 Å². The molecule has 4 rings (SSSR count). The Balaban J connectivity index is 1.96. The Morgan fingerprint density at radius 2 is 2.00 bits per heavy atom. The molecule has 1 amide bonds. The number of carbonyl (C=O) groups is 1. The lowest BCUT2D eigenvalue weighted by Gasteiger charge is -2.21. The zero-order valence-electron chi connectivity index (χ0n) is 17.0. The van der Waals surface area contributed by atoms with Gasteiger partial charge in [0.25, 0.3) is 11.5 Å². The molecule has 0 bridgehead atoms. The molecule has 0 radical (unpaired) electrons. The minimum atomic E-state index is -4.68. The van der Waals surface area contributed by atoms with Gasteiger partial charge in [0, 0.05) is 24.8 Å². The van der Waals surface area contributed by atoms with Gasteiger partial charge in [0.1, 0.15) is 22.6 Å². The summed E-state index contributed by atoms with van der Waals surface area (Å²) in [6.45, 7) is 5.72. The van der Waals surface area contributed by atoms with Crippen molar-refractivity contribution < 1.29 is 23.1 Å². The smallest absolute Gasteiger partial charge is 0.420 e. The highest BCUT2D eigenvalue weighted by atomic mass is 19.4. The molecule has 1 saturated carbocycles. The molecule has 1 aliphatic carbocycles. The van der Waals surface area contributed by atoms with Crippen molar-refractivity contribution in [3.63, 3.8) is 0 Å². The summed E-state index contributed by atoms with van der Waals surface area (Å²) < 4.78 is 42.1. The van der Waals surface area contributed by atoms with Crippen LogP contribution in [0.15, 0.2) is 17.1 Å². The highest BCUT2D eigenvalue weighted by Crippen LogP contribution is 2.36. The number of amides is 1. The maximum atomic E-state index is 13.3. The standard InChI is InChI=1S/C19H21F3N6O3/c1-18(2,3)8-27-12-6-11(14-10(7-23-25-14)19(20,21)22)26-28(12)17(31)13(16(27)30)15(29)24-9-4-5-9/h6-7,9,31H,4-5,8H2,1-3H3,(H,23,25)(H,24,29). The van der Waals surface area contributed by atoms with Gasteiger partial charge in [0.05, 0.1) is 0 Å².